The van der Waals surface area contributed by atoms with Crippen LogP contribution in [0.3, 0.4) is 0 Å². The van der Waals surface area contributed by atoms with E-state index >= 15 is 0 Å². The van der Waals surface area contributed by atoms with Crippen molar-refractivity contribution < 1.29 is 9.47 Å². The maximum absolute atomic E-state index is 5.36. The second-order valence-electron chi connectivity index (χ2n) is 3.93. The number of methoxy groups -OCH3 is 2. The summed E-state index contributed by atoms with van der Waals surface area (Å²) in [5.41, 5.74) is 2.54. The standard InChI is InChI=1S/C13H21NO2/c1-5-11-6-7-13(16-4)12(8-11)9-14(2)10-15-3/h6-8H,5,9-10H2,1-4H3. The fraction of sp³-hybridized carbons (Fsp3) is 0.538. The van der Waals surface area contributed by atoms with Gasteiger partial charge in [-0.15, -0.1) is 0 Å². The van der Waals surface area contributed by atoms with Crippen LogP contribution in [0.25, 0.3) is 0 Å². The maximum atomic E-state index is 5.36. The molecule has 1 aromatic rings. The van der Waals surface area contributed by atoms with Gasteiger partial charge in [-0.3, -0.25) is 4.90 Å². The zero-order valence-corrected chi connectivity index (χ0v) is 10.6. The molecule has 0 N–H and O–H groups in total. The first-order valence-corrected chi connectivity index (χ1v) is 5.54. The SMILES string of the molecule is CCc1ccc(OC)c(CN(C)COC)c1. The summed E-state index contributed by atoms with van der Waals surface area (Å²) in [5.74, 6) is 0.945. The second kappa shape index (κ2) is 6.51. The Morgan fingerprint density at radius 2 is 2.00 bits per heavy atom. The van der Waals surface area contributed by atoms with Crippen LogP contribution >= 0.6 is 0 Å². The molecule has 90 valence electrons. The summed E-state index contributed by atoms with van der Waals surface area (Å²) in [6, 6.07) is 6.35. The average Bonchev–Trinajstić information content (AvgIpc) is 2.29. The third kappa shape index (κ3) is 3.51. The Labute approximate surface area is 98.0 Å². The van der Waals surface area contributed by atoms with Crippen molar-refractivity contribution in [3.63, 3.8) is 0 Å². The molecular formula is C13H21NO2. The van der Waals surface area contributed by atoms with Gasteiger partial charge in [0.05, 0.1) is 13.8 Å². The molecule has 0 radical (unpaired) electrons. The topological polar surface area (TPSA) is 21.7 Å². The molecule has 0 bridgehead atoms. The minimum Gasteiger partial charge on any atom is -0.496 e. The normalized spacial score (nSPS) is 10.8. The molecule has 0 aliphatic heterocycles. The van der Waals surface area contributed by atoms with Gasteiger partial charge in [-0.1, -0.05) is 19.1 Å². The van der Waals surface area contributed by atoms with Crippen molar-refractivity contribution in [1.82, 2.24) is 4.90 Å². The zero-order valence-electron chi connectivity index (χ0n) is 10.6. The Morgan fingerprint density at radius 3 is 2.56 bits per heavy atom. The number of hydrogen-bond acceptors (Lipinski definition) is 3. The number of hydrogen-bond donors (Lipinski definition) is 0. The highest BCUT2D eigenvalue weighted by molar-refractivity contribution is 5.37. The van der Waals surface area contributed by atoms with Crippen molar-refractivity contribution in [3.8, 4) is 5.75 Å². The first-order valence-electron chi connectivity index (χ1n) is 5.54. The molecule has 0 spiro atoms. The third-order valence-corrected chi connectivity index (χ3v) is 2.54. The average molecular weight is 223 g/mol. The molecule has 3 nitrogen and oxygen atoms in total. The molecule has 0 amide bonds. The quantitative estimate of drug-likeness (QED) is 0.691. The summed E-state index contributed by atoms with van der Waals surface area (Å²) in [6.45, 7) is 3.62. The third-order valence-electron chi connectivity index (χ3n) is 2.54. The minimum absolute atomic E-state index is 0.625. The summed E-state index contributed by atoms with van der Waals surface area (Å²) >= 11 is 0. The molecule has 0 heterocycles. The molecule has 0 aliphatic carbocycles. The summed E-state index contributed by atoms with van der Waals surface area (Å²) in [7, 11) is 5.44. The van der Waals surface area contributed by atoms with Crippen LogP contribution in [-0.4, -0.2) is 32.9 Å². The lowest BCUT2D eigenvalue weighted by molar-refractivity contribution is 0.0766. The van der Waals surface area contributed by atoms with Gasteiger partial charge in [-0.2, -0.15) is 0 Å². The van der Waals surface area contributed by atoms with Gasteiger partial charge >= 0.3 is 0 Å². The van der Waals surface area contributed by atoms with E-state index in [2.05, 4.69) is 24.0 Å². The Bertz CT molecular complexity index is 326. The molecule has 0 atom stereocenters. The fourth-order valence-electron chi connectivity index (χ4n) is 1.73. The number of benzene rings is 1. The fourth-order valence-corrected chi connectivity index (χ4v) is 1.73. The van der Waals surface area contributed by atoms with Crippen molar-refractivity contribution >= 4 is 0 Å². The minimum atomic E-state index is 0.625. The number of rotatable bonds is 6. The Morgan fingerprint density at radius 1 is 1.25 bits per heavy atom. The molecule has 0 aromatic heterocycles. The molecule has 0 aliphatic rings. The number of aryl methyl sites for hydroxylation is 1. The molecule has 1 rings (SSSR count). The van der Waals surface area contributed by atoms with Crippen LogP contribution in [0.1, 0.15) is 18.1 Å². The molecule has 3 heteroatoms. The van der Waals surface area contributed by atoms with E-state index in [1.165, 1.54) is 11.1 Å². The van der Waals surface area contributed by atoms with E-state index in [1.807, 2.05) is 13.1 Å². The van der Waals surface area contributed by atoms with E-state index < -0.39 is 0 Å². The van der Waals surface area contributed by atoms with Gasteiger partial charge in [0, 0.05) is 19.2 Å². The van der Waals surface area contributed by atoms with Crippen molar-refractivity contribution in [2.45, 2.75) is 19.9 Å². The molecule has 0 saturated heterocycles. The highest BCUT2D eigenvalue weighted by Crippen LogP contribution is 2.21. The van der Waals surface area contributed by atoms with Gasteiger partial charge in [-0.25, -0.2) is 0 Å². The largest absolute Gasteiger partial charge is 0.496 e. The van der Waals surface area contributed by atoms with Crippen molar-refractivity contribution in [1.29, 1.82) is 0 Å². The van der Waals surface area contributed by atoms with Crippen molar-refractivity contribution in [3.05, 3.63) is 29.3 Å². The summed E-state index contributed by atoms with van der Waals surface area (Å²) in [5, 5.41) is 0. The number of nitrogens with zero attached hydrogens (tertiary/aromatic N) is 1. The van der Waals surface area contributed by atoms with Crippen LogP contribution in [0.15, 0.2) is 18.2 Å². The Kier molecular flexibility index (Phi) is 5.29. The summed E-state index contributed by atoms with van der Waals surface area (Å²) in [6.07, 6.45) is 1.05. The Balaban J connectivity index is 2.82. The molecule has 0 fully saturated rings. The molecule has 16 heavy (non-hydrogen) atoms. The predicted octanol–water partition coefficient (Wildman–Crippen LogP) is 2.29. The summed E-state index contributed by atoms with van der Waals surface area (Å²) in [4.78, 5) is 2.11. The van der Waals surface area contributed by atoms with E-state index in [1.54, 1.807) is 14.2 Å². The second-order valence-corrected chi connectivity index (χ2v) is 3.93. The molecule has 0 unspecified atom stereocenters. The summed E-state index contributed by atoms with van der Waals surface area (Å²) < 4.78 is 10.4. The maximum Gasteiger partial charge on any atom is 0.123 e. The lowest BCUT2D eigenvalue weighted by Crippen LogP contribution is -2.20. The highest BCUT2D eigenvalue weighted by atomic mass is 16.5. The van der Waals surface area contributed by atoms with E-state index in [9.17, 15) is 0 Å². The highest BCUT2D eigenvalue weighted by Gasteiger charge is 2.06. The Hall–Kier alpha value is -1.06. The van der Waals surface area contributed by atoms with E-state index in [-0.39, 0.29) is 0 Å². The van der Waals surface area contributed by atoms with E-state index in [0.29, 0.717) is 6.73 Å². The first-order chi connectivity index (χ1) is 7.71. The predicted molar refractivity (Wildman–Crippen MR) is 65.7 cm³/mol. The first kappa shape index (κ1) is 13.0. The van der Waals surface area contributed by atoms with Crippen LogP contribution in [0.4, 0.5) is 0 Å². The van der Waals surface area contributed by atoms with Gasteiger partial charge in [0.1, 0.15) is 5.75 Å². The van der Waals surface area contributed by atoms with Crippen LogP contribution in [0.2, 0.25) is 0 Å². The van der Waals surface area contributed by atoms with E-state index in [0.717, 1.165) is 18.7 Å². The lowest BCUT2D eigenvalue weighted by Gasteiger charge is -2.18. The smallest absolute Gasteiger partial charge is 0.123 e. The van der Waals surface area contributed by atoms with Gasteiger partial charge in [0.2, 0.25) is 0 Å². The van der Waals surface area contributed by atoms with Crippen LogP contribution in [0.5, 0.6) is 5.75 Å². The monoisotopic (exact) mass is 223 g/mol. The lowest BCUT2D eigenvalue weighted by atomic mass is 10.1. The molecule has 0 saturated carbocycles. The van der Waals surface area contributed by atoms with Gasteiger partial charge < -0.3 is 9.47 Å². The van der Waals surface area contributed by atoms with Crippen molar-refractivity contribution in [2.75, 3.05) is 28.0 Å². The van der Waals surface area contributed by atoms with Crippen LogP contribution in [0, 0.1) is 0 Å². The van der Waals surface area contributed by atoms with Crippen LogP contribution < -0.4 is 4.74 Å². The zero-order chi connectivity index (χ0) is 12.0. The molecule has 1 aromatic carbocycles. The van der Waals surface area contributed by atoms with Crippen LogP contribution in [-0.2, 0) is 17.7 Å². The van der Waals surface area contributed by atoms with Crippen molar-refractivity contribution in [2.24, 2.45) is 0 Å². The van der Waals surface area contributed by atoms with Gasteiger partial charge in [0.25, 0.3) is 0 Å². The number of ether oxygens (including phenoxy) is 2. The van der Waals surface area contributed by atoms with Gasteiger partial charge in [-0.05, 0) is 25.1 Å². The molecular weight excluding hydrogens is 202 g/mol. The van der Waals surface area contributed by atoms with Gasteiger partial charge in [0.15, 0.2) is 0 Å². The van der Waals surface area contributed by atoms with E-state index in [4.69, 9.17) is 9.47 Å².